The van der Waals surface area contributed by atoms with Gasteiger partial charge in [-0.05, 0) is 124 Å². The van der Waals surface area contributed by atoms with Crippen molar-refractivity contribution >= 4 is 35.3 Å². The highest BCUT2D eigenvalue weighted by molar-refractivity contribution is 5.89. The largest absolute Gasteiger partial charge is 0.398 e. The van der Waals surface area contributed by atoms with E-state index in [1.807, 2.05) is 56.3 Å². The van der Waals surface area contributed by atoms with Gasteiger partial charge in [-0.25, -0.2) is 0 Å². The number of rotatable bonds is 13. The van der Waals surface area contributed by atoms with Crippen molar-refractivity contribution < 1.29 is 4.79 Å². The van der Waals surface area contributed by atoms with Crippen LogP contribution in [0.5, 0.6) is 0 Å². The highest BCUT2D eigenvalue weighted by atomic mass is 16.1. The van der Waals surface area contributed by atoms with Gasteiger partial charge in [-0.1, -0.05) is 154 Å². The molecule has 4 aromatic carbocycles. The number of carbonyl (C=O) groups is 1. The maximum Gasteiger partial charge on any atom is 0.221 e. The fraction of sp³-hybridized carbons (Fsp3) is 0.309. The number of amides is 1. The smallest absolute Gasteiger partial charge is 0.221 e. The Kier molecular flexibility index (Phi) is 29.4. The average molecular weight is 807 g/mol. The molecule has 1 fully saturated rings. The predicted octanol–water partition coefficient (Wildman–Crippen LogP) is 14.4. The summed E-state index contributed by atoms with van der Waals surface area (Å²) in [6, 6.07) is 32.9. The fourth-order valence-electron chi connectivity index (χ4n) is 6.21. The number of terminal acetylenes is 1. The first kappa shape index (κ1) is 53.9. The number of hydrogen-bond donors (Lipinski definition) is 3. The summed E-state index contributed by atoms with van der Waals surface area (Å²) in [5.41, 5.74) is 19.3. The molecule has 1 aliphatic carbocycles. The van der Waals surface area contributed by atoms with Crippen LogP contribution in [0.3, 0.4) is 0 Å². The molecule has 1 saturated carbocycles. The lowest BCUT2D eigenvalue weighted by molar-refractivity contribution is -0.114. The SMILES string of the molecule is C#C.C=C(C)CCC1CCCC1.C=CC(=C)Nc1cccc(C/C=C(\C)c2cccc(C)c2)c1.C=NC.CC.CC(=O)Nc1cccc(/C(N)=C/Cc2cccc(C)c2)c1. The van der Waals surface area contributed by atoms with Crippen molar-refractivity contribution in [3.63, 3.8) is 0 Å². The minimum atomic E-state index is -0.0885. The third-order valence-corrected chi connectivity index (χ3v) is 9.21. The number of nitrogens with one attached hydrogen (secondary N) is 2. The second kappa shape index (κ2) is 32.8. The highest BCUT2D eigenvalue weighted by Crippen LogP contribution is 2.29. The van der Waals surface area contributed by atoms with E-state index in [0.29, 0.717) is 5.70 Å². The van der Waals surface area contributed by atoms with E-state index >= 15 is 0 Å². The van der Waals surface area contributed by atoms with Crippen LogP contribution in [0, 0.1) is 32.6 Å². The Morgan fingerprint density at radius 1 is 0.767 bits per heavy atom. The van der Waals surface area contributed by atoms with Gasteiger partial charge < -0.3 is 21.4 Å². The summed E-state index contributed by atoms with van der Waals surface area (Å²) in [4.78, 5) is 14.3. The Morgan fingerprint density at radius 3 is 1.82 bits per heavy atom. The molecule has 5 heteroatoms. The molecule has 0 heterocycles. The molecule has 1 aliphatic rings. The third-order valence-electron chi connectivity index (χ3n) is 9.21. The number of hydrogen-bond acceptors (Lipinski definition) is 4. The van der Waals surface area contributed by atoms with Crippen LogP contribution >= 0.6 is 0 Å². The number of anilines is 2. The van der Waals surface area contributed by atoms with E-state index in [2.05, 4.69) is 149 Å². The molecule has 0 unspecified atom stereocenters. The first-order chi connectivity index (χ1) is 28.8. The first-order valence-electron chi connectivity index (χ1n) is 21.0. The summed E-state index contributed by atoms with van der Waals surface area (Å²) < 4.78 is 0. The second-order valence-electron chi connectivity index (χ2n) is 14.6. The Hall–Kier alpha value is -6.12. The van der Waals surface area contributed by atoms with Gasteiger partial charge in [-0.2, -0.15) is 0 Å². The molecule has 5 rings (SSSR count). The molecule has 0 bridgehead atoms. The van der Waals surface area contributed by atoms with E-state index in [1.165, 1.54) is 84.4 Å². The second-order valence-corrected chi connectivity index (χ2v) is 14.6. The molecule has 0 saturated heterocycles. The third kappa shape index (κ3) is 24.6. The molecule has 0 radical (unpaired) electrons. The minimum Gasteiger partial charge on any atom is -0.398 e. The van der Waals surface area contributed by atoms with Crippen molar-refractivity contribution in [1.82, 2.24) is 0 Å². The summed E-state index contributed by atoms with van der Waals surface area (Å²) in [7, 11) is 1.64. The quantitative estimate of drug-likeness (QED) is 0.0545. The maximum atomic E-state index is 11.1. The van der Waals surface area contributed by atoms with Crippen molar-refractivity contribution in [3.05, 3.63) is 180 Å². The van der Waals surface area contributed by atoms with Crippen LogP contribution in [0.25, 0.3) is 11.3 Å². The van der Waals surface area contributed by atoms with Crippen LogP contribution in [-0.4, -0.2) is 19.7 Å². The number of benzene rings is 4. The van der Waals surface area contributed by atoms with Crippen molar-refractivity contribution in [1.29, 1.82) is 0 Å². The van der Waals surface area contributed by atoms with Gasteiger partial charge in [0.2, 0.25) is 5.91 Å². The molecule has 0 atom stereocenters. The van der Waals surface area contributed by atoms with Crippen molar-refractivity contribution in [2.24, 2.45) is 16.6 Å². The van der Waals surface area contributed by atoms with Gasteiger partial charge in [0, 0.05) is 36.7 Å². The molecule has 0 aliphatic heterocycles. The van der Waals surface area contributed by atoms with E-state index in [1.54, 1.807) is 13.1 Å². The normalized spacial score (nSPS) is 11.6. The summed E-state index contributed by atoms with van der Waals surface area (Å²) in [6.45, 7) is 28.6. The van der Waals surface area contributed by atoms with Gasteiger partial charge in [-0.15, -0.1) is 19.4 Å². The zero-order chi connectivity index (χ0) is 45.3. The zero-order valence-corrected chi connectivity index (χ0v) is 38.1. The van der Waals surface area contributed by atoms with Crippen LogP contribution in [0.15, 0.2) is 151 Å². The van der Waals surface area contributed by atoms with E-state index in [9.17, 15) is 4.79 Å². The van der Waals surface area contributed by atoms with Gasteiger partial charge in [0.05, 0.1) is 0 Å². The number of aliphatic imine (C=N–C) groups is 1. The Morgan fingerprint density at radius 2 is 1.27 bits per heavy atom. The van der Waals surface area contributed by atoms with Gasteiger partial charge >= 0.3 is 0 Å². The number of nitrogens with zero attached hydrogens (tertiary/aromatic N) is 1. The predicted molar refractivity (Wildman–Crippen MR) is 268 cm³/mol. The molecule has 0 spiro atoms. The Labute approximate surface area is 365 Å². The highest BCUT2D eigenvalue weighted by Gasteiger charge is 2.13. The molecule has 4 N–H and O–H groups in total. The molecule has 60 heavy (non-hydrogen) atoms. The summed E-state index contributed by atoms with van der Waals surface area (Å²) >= 11 is 0. The van der Waals surface area contributed by atoms with E-state index in [0.717, 1.165) is 41.4 Å². The lowest BCUT2D eigenvalue weighted by Gasteiger charge is -2.08. The summed E-state index contributed by atoms with van der Waals surface area (Å²) in [6.07, 6.45) is 24.3. The van der Waals surface area contributed by atoms with Crippen LogP contribution in [0.1, 0.15) is 107 Å². The van der Waals surface area contributed by atoms with Crippen molar-refractivity contribution in [2.75, 3.05) is 17.7 Å². The van der Waals surface area contributed by atoms with Gasteiger partial charge in [-0.3, -0.25) is 4.79 Å². The molecule has 4 aromatic rings. The monoisotopic (exact) mass is 807 g/mol. The standard InChI is InChI=1S/C21H23N.C18H20N2O.C10H18.C2H5N.C2H6.C2H2/c1-5-18(4)22-21-11-7-9-19(15-21)13-12-17(3)20-10-6-8-16(2)14-20;1-13-5-3-6-15(11-13)9-10-18(19)16-7-4-8-17(12-16)20-14(2)21;1-9(2)7-8-10-5-3-4-6-10;1-3-2;2*1-2/h5-12,14-15,22H,1,4,13H2,2-3H3;3-8,10-12H,9,19H2,1-2H3,(H,20,21);10H,1,3-8H2,2H3;1H2,2H3;1-2H3;1-2H/b17-12+;18-10-;;;;. The average Bonchev–Trinajstić information content (AvgIpc) is 3.77. The molecule has 1 amide bonds. The number of nitrogens with two attached hydrogens (primary N) is 1. The van der Waals surface area contributed by atoms with Crippen molar-refractivity contribution in [3.8, 4) is 12.8 Å². The number of carbonyl (C=O) groups excluding carboxylic acids is 1. The zero-order valence-electron chi connectivity index (χ0n) is 38.1. The first-order valence-corrected chi connectivity index (χ1v) is 21.0. The number of aryl methyl sites for hydroxylation is 2. The Bertz CT molecular complexity index is 1970. The lowest BCUT2D eigenvalue weighted by atomic mass is 10.00. The molecule has 5 nitrogen and oxygen atoms in total. The molecular formula is C55H74N4O. The van der Waals surface area contributed by atoms with E-state index in [4.69, 9.17) is 5.73 Å². The van der Waals surface area contributed by atoms with Gasteiger partial charge in [0.15, 0.2) is 0 Å². The minimum absolute atomic E-state index is 0.0885. The van der Waals surface area contributed by atoms with Crippen LogP contribution in [-0.2, 0) is 17.6 Å². The molecule has 0 aromatic heterocycles. The van der Waals surface area contributed by atoms with E-state index in [-0.39, 0.29) is 5.91 Å². The molecule has 320 valence electrons. The van der Waals surface area contributed by atoms with Gasteiger partial charge in [0.25, 0.3) is 0 Å². The number of allylic oxidation sites excluding steroid dienone is 5. The van der Waals surface area contributed by atoms with Crippen LogP contribution in [0.2, 0.25) is 0 Å². The van der Waals surface area contributed by atoms with Crippen LogP contribution < -0.4 is 16.4 Å². The topological polar surface area (TPSA) is 79.5 Å². The van der Waals surface area contributed by atoms with Crippen molar-refractivity contribution in [2.45, 2.75) is 99.8 Å². The Balaban J connectivity index is 0.000000849. The summed E-state index contributed by atoms with van der Waals surface area (Å²) in [5, 5.41) is 5.99. The van der Waals surface area contributed by atoms with Gasteiger partial charge in [0.1, 0.15) is 0 Å². The summed E-state index contributed by atoms with van der Waals surface area (Å²) in [5.74, 6) is 0.950. The lowest BCUT2D eigenvalue weighted by Crippen LogP contribution is -2.06. The maximum absolute atomic E-state index is 11.1. The fourth-order valence-corrected chi connectivity index (χ4v) is 6.21. The van der Waals surface area contributed by atoms with E-state index < -0.39 is 0 Å². The van der Waals surface area contributed by atoms with Crippen LogP contribution in [0.4, 0.5) is 11.4 Å². The molecular weight excluding hydrogens is 733 g/mol.